The van der Waals surface area contributed by atoms with Crippen LogP contribution in [0.1, 0.15) is 51.6 Å². The Balaban J connectivity index is 2.32. The van der Waals surface area contributed by atoms with E-state index >= 15 is 0 Å². The first-order chi connectivity index (χ1) is 9.77. The van der Waals surface area contributed by atoms with E-state index in [0.29, 0.717) is 19.3 Å². The number of hydrogen-bond acceptors (Lipinski definition) is 3. The standard InChI is InChI=1S/C17H29NO2/c1-4-6-11-19-12-13-20-17-9-7-8-16(14-17)15(3)18-10-5-2/h7-9,14-15,18H,4-6,10-13H2,1-3H3. The first-order valence-electron chi connectivity index (χ1n) is 7.81. The Morgan fingerprint density at radius 2 is 1.95 bits per heavy atom. The summed E-state index contributed by atoms with van der Waals surface area (Å²) >= 11 is 0. The summed E-state index contributed by atoms with van der Waals surface area (Å²) in [4.78, 5) is 0. The van der Waals surface area contributed by atoms with E-state index in [1.54, 1.807) is 0 Å². The zero-order valence-corrected chi connectivity index (χ0v) is 13.2. The van der Waals surface area contributed by atoms with Crippen molar-refractivity contribution in [2.45, 2.75) is 46.1 Å². The van der Waals surface area contributed by atoms with Gasteiger partial charge >= 0.3 is 0 Å². The van der Waals surface area contributed by atoms with E-state index in [2.05, 4.69) is 38.2 Å². The summed E-state index contributed by atoms with van der Waals surface area (Å²) in [5.74, 6) is 0.923. The average molecular weight is 279 g/mol. The topological polar surface area (TPSA) is 30.5 Å². The minimum absolute atomic E-state index is 0.360. The monoisotopic (exact) mass is 279 g/mol. The Hall–Kier alpha value is -1.06. The van der Waals surface area contributed by atoms with Crippen molar-refractivity contribution in [2.75, 3.05) is 26.4 Å². The summed E-state index contributed by atoms with van der Waals surface area (Å²) < 4.78 is 11.2. The van der Waals surface area contributed by atoms with Crippen LogP contribution in [0.25, 0.3) is 0 Å². The second kappa shape index (κ2) is 10.7. The lowest BCUT2D eigenvalue weighted by atomic mass is 10.1. The van der Waals surface area contributed by atoms with Gasteiger partial charge in [0, 0.05) is 12.6 Å². The molecular weight excluding hydrogens is 250 g/mol. The van der Waals surface area contributed by atoms with Gasteiger partial charge in [-0.1, -0.05) is 32.4 Å². The highest BCUT2D eigenvalue weighted by Crippen LogP contribution is 2.19. The molecule has 20 heavy (non-hydrogen) atoms. The van der Waals surface area contributed by atoms with Crippen molar-refractivity contribution < 1.29 is 9.47 Å². The molecule has 0 aliphatic rings. The SMILES string of the molecule is CCCCOCCOc1cccc(C(C)NCCC)c1. The van der Waals surface area contributed by atoms with Gasteiger partial charge in [-0.15, -0.1) is 0 Å². The molecule has 0 fully saturated rings. The summed E-state index contributed by atoms with van der Waals surface area (Å²) in [6.45, 7) is 9.67. The number of benzene rings is 1. The molecule has 0 aliphatic heterocycles. The lowest BCUT2D eigenvalue weighted by Gasteiger charge is -2.15. The van der Waals surface area contributed by atoms with Gasteiger partial charge in [-0.05, 0) is 44.0 Å². The second-order valence-corrected chi connectivity index (χ2v) is 5.06. The Kier molecular flexibility index (Phi) is 9.09. The van der Waals surface area contributed by atoms with Crippen molar-refractivity contribution >= 4 is 0 Å². The van der Waals surface area contributed by atoms with Gasteiger partial charge in [0.2, 0.25) is 0 Å². The highest BCUT2D eigenvalue weighted by molar-refractivity contribution is 5.30. The second-order valence-electron chi connectivity index (χ2n) is 5.06. The third-order valence-electron chi connectivity index (χ3n) is 3.20. The number of unbranched alkanes of at least 4 members (excludes halogenated alkanes) is 1. The van der Waals surface area contributed by atoms with Gasteiger partial charge in [0.05, 0.1) is 6.61 Å². The molecule has 1 aromatic carbocycles. The van der Waals surface area contributed by atoms with E-state index in [9.17, 15) is 0 Å². The lowest BCUT2D eigenvalue weighted by molar-refractivity contribution is 0.0980. The van der Waals surface area contributed by atoms with Crippen LogP contribution in [0.3, 0.4) is 0 Å². The van der Waals surface area contributed by atoms with Crippen LogP contribution in [0.5, 0.6) is 5.75 Å². The smallest absolute Gasteiger partial charge is 0.119 e. The van der Waals surface area contributed by atoms with E-state index in [4.69, 9.17) is 9.47 Å². The number of ether oxygens (including phenoxy) is 2. The summed E-state index contributed by atoms with van der Waals surface area (Å²) in [5.41, 5.74) is 1.27. The van der Waals surface area contributed by atoms with Crippen LogP contribution >= 0.6 is 0 Å². The molecule has 114 valence electrons. The fourth-order valence-corrected chi connectivity index (χ4v) is 1.92. The molecule has 1 N–H and O–H groups in total. The fourth-order valence-electron chi connectivity index (χ4n) is 1.92. The molecule has 1 rings (SSSR count). The molecule has 1 unspecified atom stereocenters. The number of hydrogen-bond donors (Lipinski definition) is 1. The third-order valence-corrected chi connectivity index (χ3v) is 3.20. The van der Waals surface area contributed by atoms with Crippen LogP contribution in [0.4, 0.5) is 0 Å². The predicted octanol–water partition coefficient (Wildman–Crippen LogP) is 3.94. The van der Waals surface area contributed by atoms with Crippen LogP contribution < -0.4 is 10.1 Å². The minimum atomic E-state index is 0.360. The van der Waals surface area contributed by atoms with Gasteiger partial charge in [0.1, 0.15) is 12.4 Å². The zero-order chi connectivity index (χ0) is 14.6. The quantitative estimate of drug-likeness (QED) is 0.622. The Morgan fingerprint density at radius 3 is 2.70 bits per heavy atom. The number of nitrogens with one attached hydrogen (secondary N) is 1. The van der Waals surface area contributed by atoms with E-state index in [1.165, 1.54) is 12.0 Å². The molecule has 0 bridgehead atoms. The summed E-state index contributed by atoms with van der Waals surface area (Å²) in [6, 6.07) is 8.66. The van der Waals surface area contributed by atoms with Gasteiger partial charge in [-0.2, -0.15) is 0 Å². The molecule has 0 radical (unpaired) electrons. The molecule has 3 nitrogen and oxygen atoms in total. The molecule has 1 atom stereocenters. The fraction of sp³-hybridized carbons (Fsp3) is 0.647. The maximum Gasteiger partial charge on any atom is 0.119 e. The molecule has 0 heterocycles. The first-order valence-corrected chi connectivity index (χ1v) is 7.81. The van der Waals surface area contributed by atoms with Crippen LogP contribution in [-0.2, 0) is 4.74 Å². The average Bonchev–Trinajstić information content (AvgIpc) is 2.48. The predicted molar refractivity (Wildman–Crippen MR) is 84.4 cm³/mol. The highest BCUT2D eigenvalue weighted by Gasteiger charge is 2.05. The molecular formula is C17H29NO2. The molecule has 3 heteroatoms. The van der Waals surface area contributed by atoms with Gasteiger partial charge in [0.25, 0.3) is 0 Å². The summed E-state index contributed by atoms with van der Waals surface area (Å²) in [6.07, 6.45) is 3.44. The molecule has 0 spiro atoms. The maximum absolute atomic E-state index is 5.73. The largest absolute Gasteiger partial charge is 0.491 e. The summed E-state index contributed by atoms with van der Waals surface area (Å²) in [5, 5.41) is 3.49. The van der Waals surface area contributed by atoms with Crippen molar-refractivity contribution in [3.05, 3.63) is 29.8 Å². The van der Waals surface area contributed by atoms with Crippen molar-refractivity contribution in [1.29, 1.82) is 0 Å². The maximum atomic E-state index is 5.73. The first kappa shape index (κ1) is 17.0. The Labute approximate surface area is 123 Å². The Morgan fingerprint density at radius 1 is 1.10 bits per heavy atom. The molecule has 1 aromatic rings. The zero-order valence-electron chi connectivity index (χ0n) is 13.2. The van der Waals surface area contributed by atoms with Crippen molar-refractivity contribution in [3.63, 3.8) is 0 Å². The van der Waals surface area contributed by atoms with Gasteiger partial charge in [0.15, 0.2) is 0 Å². The molecule has 0 amide bonds. The molecule has 0 saturated carbocycles. The van der Waals surface area contributed by atoms with Gasteiger partial charge in [-0.3, -0.25) is 0 Å². The third kappa shape index (κ3) is 6.92. The lowest BCUT2D eigenvalue weighted by Crippen LogP contribution is -2.19. The normalized spacial score (nSPS) is 12.3. The van der Waals surface area contributed by atoms with Crippen molar-refractivity contribution in [1.82, 2.24) is 5.32 Å². The van der Waals surface area contributed by atoms with Crippen LogP contribution in [0.2, 0.25) is 0 Å². The molecule has 0 aromatic heterocycles. The van der Waals surface area contributed by atoms with Gasteiger partial charge in [-0.25, -0.2) is 0 Å². The Bertz CT molecular complexity index is 355. The van der Waals surface area contributed by atoms with Crippen LogP contribution in [0, 0.1) is 0 Å². The highest BCUT2D eigenvalue weighted by atomic mass is 16.5. The van der Waals surface area contributed by atoms with Gasteiger partial charge < -0.3 is 14.8 Å². The van der Waals surface area contributed by atoms with E-state index in [1.807, 2.05) is 12.1 Å². The van der Waals surface area contributed by atoms with E-state index in [-0.39, 0.29) is 0 Å². The van der Waals surface area contributed by atoms with E-state index < -0.39 is 0 Å². The van der Waals surface area contributed by atoms with E-state index in [0.717, 1.165) is 31.7 Å². The van der Waals surface area contributed by atoms with Crippen LogP contribution in [0.15, 0.2) is 24.3 Å². The van der Waals surface area contributed by atoms with Crippen LogP contribution in [-0.4, -0.2) is 26.4 Å². The molecule has 0 aliphatic carbocycles. The minimum Gasteiger partial charge on any atom is -0.491 e. The van der Waals surface area contributed by atoms with Crippen molar-refractivity contribution in [3.8, 4) is 5.75 Å². The number of rotatable bonds is 11. The summed E-state index contributed by atoms with van der Waals surface area (Å²) in [7, 11) is 0. The van der Waals surface area contributed by atoms with Crippen molar-refractivity contribution in [2.24, 2.45) is 0 Å². The molecule has 0 saturated heterocycles.